The molecule has 1 saturated heterocycles. The Morgan fingerprint density at radius 1 is 1.12 bits per heavy atom. The Kier molecular flexibility index (Phi) is 11.8. The molecule has 0 spiro atoms. The molecule has 7 nitrogen and oxygen atoms in total. The molecule has 0 radical (unpaired) electrons. The van der Waals surface area contributed by atoms with Crippen molar-refractivity contribution < 1.29 is 9.53 Å². The number of carbonyl (C=O) groups is 1. The molecule has 176 valence electrons. The highest BCUT2D eigenvalue weighted by atomic mass is 127. The zero-order valence-electron chi connectivity index (χ0n) is 18.8. The van der Waals surface area contributed by atoms with Crippen molar-refractivity contribution in [2.24, 2.45) is 4.99 Å². The zero-order valence-corrected chi connectivity index (χ0v) is 21.9. The second-order valence-electron chi connectivity index (χ2n) is 7.47. The molecule has 1 aromatic heterocycles. The van der Waals surface area contributed by atoms with Crippen LogP contribution in [0.1, 0.15) is 40.5 Å². The van der Waals surface area contributed by atoms with Crippen LogP contribution < -0.4 is 20.7 Å². The molecule has 2 aromatic rings. The number of nitrogens with one attached hydrogen (secondary N) is 3. The van der Waals surface area contributed by atoms with Crippen LogP contribution in [0.15, 0.2) is 46.8 Å². The fourth-order valence-corrected chi connectivity index (χ4v) is 4.48. The second kappa shape index (κ2) is 14.3. The largest absolute Gasteiger partial charge is 0.496 e. The number of benzene rings is 1. The lowest BCUT2D eigenvalue weighted by Crippen LogP contribution is -2.43. The number of hydrogen-bond acceptors (Lipinski definition) is 5. The van der Waals surface area contributed by atoms with E-state index >= 15 is 0 Å². The third-order valence-electron chi connectivity index (χ3n) is 5.44. The molecule has 1 amide bonds. The summed E-state index contributed by atoms with van der Waals surface area (Å²) in [5.74, 6) is 1.68. The van der Waals surface area contributed by atoms with Gasteiger partial charge >= 0.3 is 0 Å². The van der Waals surface area contributed by atoms with Crippen LogP contribution in [0.3, 0.4) is 0 Å². The van der Waals surface area contributed by atoms with Gasteiger partial charge in [0, 0.05) is 32.2 Å². The average Bonchev–Trinajstić information content (AvgIpc) is 3.52. The van der Waals surface area contributed by atoms with Gasteiger partial charge in [-0.25, -0.2) is 0 Å². The summed E-state index contributed by atoms with van der Waals surface area (Å²) in [4.78, 5) is 19.6. The van der Waals surface area contributed by atoms with E-state index in [1.54, 1.807) is 14.2 Å². The molecule has 0 saturated carbocycles. The van der Waals surface area contributed by atoms with Crippen molar-refractivity contribution in [2.45, 2.75) is 25.3 Å². The lowest BCUT2D eigenvalue weighted by Gasteiger charge is -2.30. The Bertz CT molecular complexity index is 841. The van der Waals surface area contributed by atoms with Gasteiger partial charge in [0.2, 0.25) is 0 Å². The minimum atomic E-state index is -0.0113. The molecule has 3 N–H and O–H groups in total. The number of guanidine groups is 1. The van der Waals surface area contributed by atoms with Crippen molar-refractivity contribution in [3.05, 3.63) is 52.2 Å². The number of aliphatic imine (C=N–C) groups is 1. The quantitative estimate of drug-likeness (QED) is 0.176. The van der Waals surface area contributed by atoms with E-state index in [-0.39, 0.29) is 35.9 Å². The molecule has 32 heavy (non-hydrogen) atoms. The molecule has 1 fully saturated rings. The first-order valence-corrected chi connectivity index (χ1v) is 11.7. The molecule has 0 aliphatic carbocycles. The Hall–Kier alpha value is -1.85. The van der Waals surface area contributed by atoms with Gasteiger partial charge in [-0.05, 0) is 49.9 Å². The van der Waals surface area contributed by atoms with Crippen LogP contribution in [0, 0.1) is 0 Å². The number of methoxy groups -OCH3 is 1. The van der Waals surface area contributed by atoms with Gasteiger partial charge in [0.15, 0.2) is 5.96 Å². The predicted octanol–water partition coefficient (Wildman–Crippen LogP) is 3.50. The number of amides is 1. The van der Waals surface area contributed by atoms with E-state index < -0.39 is 0 Å². The number of hydrogen-bond donors (Lipinski definition) is 3. The maximum atomic E-state index is 12.0. The van der Waals surface area contributed by atoms with E-state index in [9.17, 15) is 4.79 Å². The van der Waals surface area contributed by atoms with Crippen molar-refractivity contribution in [3.63, 3.8) is 0 Å². The molecule has 3 rings (SSSR count). The molecular formula is C23H34IN5O2S. The van der Waals surface area contributed by atoms with E-state index in [0.29, 0.717) is 6.54 Å². The number of para-hydroxylation sites is 1. The topological polar surface area (TPSA) is 78.0 Å². The highest BCUT2D eigenvalue weighted by Gasteiger charge is 2.26. The van der Waals surface area contributed by atoms with Gasteiger partial charge in [0.1, 0.15) is 5.75 Å². The third-order valence-corrected chi connectivity index (χ3v) is 6.31. The van der Waals surface area contributed by atoms with E-state index in [1.165, 1.54) is 29.7 Å². The summed E-state index contributed by atoms with van der Waals surface area (Å²) in [6.07, 6.45) is 3.28. The Balaban J connectivity index is 0.00000363. The molecule has 1 aromatic carbocycles. The molecular weight excluding hydrogens is 537 g/mol. The van der Waals surface area contributed by atoms with Crippen molar-refractivity contribution in [2.75, 3.05) is 46.9 Å². The second-order valence-corrected chi connectivity index (χ2v) is 8.42. The Morgan fingerprint density at radius 3 is 2.56 bits per heavy atom. The first-order valence-electron chi connectivity index (χ1n) is 10.9. The van der Waals surface area contributed by atoms with Gasteiger partial charge in [-0.3, -0.25) is 14.7 Å². The number of likely N-dealkylation sites (tertiary alicyclic amines) is 1. The van der Waals surface area contributed by atoms with E-state index in [4.69, 9.17) is 4.74 Å². The van der Waals surface area contributed by atoms with Crippen LogP contribution in [0.25, 0.3) is 0 Å². The monoisotopic (exact) mass is 571 g/mol. The van der Waals surface area contributed by atoms with E-state index in [2.05, 4.69) is 38.0 Å². The van der Waals surface area contributed by atoms with Crippen molar-refractivity contribution in [1.82, 2.24) is 20.9 Å². The summed E-state index contributed by atoms with van der Waals surface area (Å²) in [6, 6.07) is 12.2. The summed E-state index contributed by atoms with van der Waals surface area (Å²) in [5.41, 5.74) is 1.20. The molecule has 9 heteroatoms. The first kappa shape index (κ1) is 26.4. The summed E-state index contributed by atoms with van der Waals surface area (Å²) in [6.45, 7) is 4.29. The highest BCUT2D eigenvalue weighted by Crippen LogP contribution is 2.31. The molecule has 2 heterocycles. The maximum Gasteiger partial charge on any atom is 0.261 e. The van der Waals surface area contributed by atoms with Crippen molar-refractivity contribution in [3.8, 4) is 5.75 Å². The minimum Gasteiger partial charge on any atom is -0.496 e. The molecule has 0 bridgehead atoms. The van der Waals surface area contributed by atoms with Gasteiger partial charge in [-0.2, -0.15) is 0 Å². The summed E-state index contributed by atoms with van der Waals surface area (Å²) in [7, 11) is 3.51. The lowest BCUT2D eigenvalue weighted by molar-refractivity contribution is 0.0957. The molecule has 1 aliphatic heterocycles. The SMILES string of the molecule is CN=C(NCCCNC(=O)c1cccs1)NCC(c1ccccc1OC)N1CCCC1.I. The smallest absolute Gasteiger partial charge is 0.261 e. The van der Waals surface area contributed by atoms with E-state index in [1.807, 2.05) is 29.6 Å². The minimum absolute atomic E-state index is 0. The van der Waals surface area contributed by atoms with Crippen molar-refractivity contribution >= 4 is 47.2 Å². The number of nitrogens with zero attached hydrogens (tertiary/aromatic N) is 2. The Labute approximate surface area is 212 Å². The van der Waals surface area contributed by atoms with Gasteiger partial charge in [0.05, 0.1) is 18.0 Å². The number of carbonyl (C=O) groups excluding carboxylic acids is 1. The maximum absolute atomic E-state index is 12.0. The van der Waals surface area contributed by atoms with Crippen LogP contribution >= 0.6 is 35.3 Å². The standard InChI is InChI=1S/C23H33N5O2S.HI/c1-24-23(26-13-8-12-25-22(29)21-11-7-16-31-21)27-17-19(28-14-5-6-15-28)18-9-3-4-10-20(18)30-2;/h3-4,7,9-11,16,19H,5-6,8,12-15,17H2,1-2H3,(H,25,29)(H2,24,26,27);1H. The Morgan fingerprint density at radius 2 is 1.88 bits per heavy atom. The van der Waals surface area contributed by atoms with E-state index in [0.717, 1.165) is 49.2 Å². The summed E-state index contributed by atoms with van der Waals surface area (Å²) >= 11 is 1.45. The zero-order chi connectivity index (χ0) is 21.9. The number of rotatable bonds is 10. The molecule has 1 atom stereocenters. The number of ether oxygens (including phenoxy) is 1. The van der Waals surface area contributed by atoms with Gasteiger partial charge in [0.25, 0.3) is 5.91 Å². The molecule has 1 aliphatic rings. The predicted molar refractivity (Wildman–Crippen MR) is 143 cm³/mol. The van der Waals surface area contributed by atoms with Gasteiger partial charge in [-0.15, -0.1) is 35.3 Å². The van der Waals surface area contributed by atoms with Crippen LogP contribution in [0.5, 0.6) is 5.75 Å². The molecule has 1 unspecified atom stereocenters. The fraction of sp³-hybridized carbons (Fsp3) is 0.478. The lowest BCUT2D eigenvalue weighted by atomic mass is 10.0. The van der Waals surface area contributed by atoms with Gasteiger partial charge in [-0.1, -0.05) is 24.3 Å². The van der Waals surface area contributed by atoms with Crippen LogP contribution in [0.2, 0.25) is 0 Å². The first-order chi connectivity index (χ1) is 15.2. The number of halogens is 1. The third kappa shape index (κ3) is 7.63. The average molecular weight is 572 g/mol. The fourth-order valence-electron chi connectivity index (χ4n) is 3.84. The van der Waals surface area contributed by atoms with Crippen LogP contribution in [0.4, 0.5) is 0 Å². The summed E-state index contributed by atoms with van der Waals surface area (Å²) in [5, 5.41) is 11.7. The van der Waals surface area contributed by atoms with Gasteiger partial charge < -0.3 is 20.7 Å². The number of thiophene rings is 1. The van der Waals surface area contributed by atoms with Crippen LogP contribution in [-0.2, 0) is 0 Å². The van der Waals surface area contributed by atoms with Crippen LogP contribution in [-0.4, -0.2) is 63.6 Å². The normalized spacial score (nSPS) is 15.0. The highest BCUT2D eigenvalue weighted by molar-refractivity contribution is 14.0. The van der Waals surface area contributed by atoms with Crippen molar-refractivity contribution in [1.29, 1.82) is 0 Å². The summed E-state index contributed by atoms with van der Waals surface area (Å²) < 4.78 is 5.62.